The van der Waals surface area contributed by atoms with Crippen LogP contribution in [0.15, 0.2) is 0 Å². The molecule has 2 saturated carbocycles. The summed E-state index contributed by atoms with van der Waals surface area (Å²) in [7, 11) is 0. The van der Waals surface area contributed by atoms with Crippen LogP contribution in [0.5, 0.6) is 0 Å². The molecule has 0 heterocycles. The summed E-state index contributed by atoms with van der Waals surface area (Å²) in [6.45, 7) is 2.74. The maximum atomic E-state index is 11.7. The molecule has 18 heavy (non-hydrogen) atoms. The van der Waals surface area contributed by atoms with Crippen LogP contribution < -0.4 is 0 Å². The fourth-order valence-electron chi connectivity index (χ4n) is 3.12. The molecule has 2 aliphatic rings. The molecule has 2 fully saturated rings. The lowest BCUT2D eigenvalue weighted by molar-refractivity contribution is -0.147. The molecule has 0 saturated heterocycles. The van der Waals surface area contributed by atoms with E-state index in [9.17, 15) is 9.59 Å². The zero-order chi connectivity index (χ0) is 13.0. The van der Waals surface area contributed by atoms with E-state index in [1.54, 1.807) is 0 Å². The van der Waals surface area contributed by atoms with Crippen molar-refractivity contribution in [3.8, 4) is 0 Å². The van der Waals surface area contributed by atoms with Gasteiger partial charge in [0.2, 0.25) is 0 Å². The summed E-state index contributed by atoms with van der Waals surface area (Å²) in [5.41, 5.74) is 0. The number of carbonyl (C=O) groups excluding carboxylic acids is 2. The normalized spacial score (nSPS) is 29.2. The number of ketones is 1. The summed E-state index contributed by atoms with van der Waals surface area (Å²) in [4.78, 5) is 23.1. The van der Waals surface area contributed by atoms with E-state index >= 15 is 0 Å². The number of ether oxygens (including phenoxy) is 1. The van der Waals surface area contributed by atoms with Gasteiger partial charge in [-0.2, -0.15) is 0 Å². The lowest BCUT2D eigenvalue weighted by Crippen LogP contribution is -2.13. The van der Waals surface area contributed by atoms with Crippen LogP contribution in [0, 0.1) is 17.8 Å². The minimum Gasteiger partial charge on any atom is -0.465 e. The van der Waals surface area contributed by atoms with Crippen LogP contribution in [-0.4, -0.2) is 18.4 Å². The molecule has 102 valence electrons. The van der Waals surface area contributed by atoms with Gasteiger partial charge < -0.3 is 4.74 Å². The third-order valence-corrected chi connectivity index (χ3v) is 4.28. The van der Waals surface area contributed by atoms with Crippen molar-refractivity contribution in [1.82, 2.24) is 0 Å². The third kappa shape index (κ3) is 3.12. The first-order chi connectivity index (χ1) is 8.75. The molecule has 0 unspecified atom stereocenters. The van der Waals surface area contributed by atoms with Gasteiger partial charge >= 0.3 is 5.97 Å². The average molecular weight is 252 g/mol. The van der Waals surface area contributed by atoms with Crippen molar-refractivity contribution >= 4 is 11.8 Å². The molecule has 3 heteroatoms. The monoisotopic (exact) mass is 252 g/mol. The van der Waals surface area contributed by atoms with E-state index in [0.717, 1.165) is 19.3 Å². The zero-order valence-corrected chi connectivity index (χ0v) is 11.3. The van der Waals surface area contributed by atoms with E-state index in [0.29, 0.717) is 18.9 Å². The Morgan fingerprint density at radius 1 is 1.22 bits per heavy atom. The summed E-state index contributed by atoms with van der Waals surface area (Å²) in [5, 5.41) is 0. The number of hydrogen-bond donors (Lipinski definition) is 0. The van der Waals surface area contributed by atoms with Gasteiger partial charge in [-0.3, -0.25) is 9.59 Å². The third-order valence-electron chi connectivity index (χ3n) is 4.28. The Morgan fingerprint density at radius 3 is 2.61 bits per heavy atom. The molecule has 0 bridgehead atoms. The second kappa shape index (κ2) is 6.35. The van der Waals surface area contributed by atoms with E-state index in [-0.39, 0.29) is 23.6 Å². The number of Topliss-reactive ketones (excluding diaryl/α,β-unsaturated/α-hetero) is 1. The van der Waals surface area contributed by atoms with Crippen LogP contribution in [0.3, 0.4) is 0 Å². The minimum atomic E-state index is -0.119. The van der Waals surface area contributed by atoms with Crippen LogP contribution in [0.1, 0.15) is 58.3 Å². The Kier molecular flexibility index (Phi) is 4.79. The van der Waals surface area contributed by atoms with Gasteiger partial charge in [0.05, 0.1) is 12.5 Å². The number of carbonyl (C=O) groups is 2. The van der Waals surface area contributed by atoms with Gasteiger partial charge in [0.25, 0.3) is 0 Å². The number of esters is 1. The fourth-order valence-corrected chi connectivity index (χ4v) is 3.12. The van der Waals surface area contributed by atoms with E-state index in [2.05, 4.69) is 6.92 Å². The summed E-state index contributed by atoms with van der Waals surface area (Å²) in [6, 6.07) is 0. The quantitative estimate of drug-likeness (QED) is 0.492. The van der Waals surface area contributed by atoms with E-state index in [1.807, 2.05) is 0 Å². The van der Waals surface area contributed by atoms with Crippen molar-refractivity contribution in [2.45, 2.75) is 58.3 Å². The molecular weight excluding hydrogens is 228 g/mol. The largest absolute Gasteiger partial charge is 0.465 e. The first-order valence-electron chi connectivity index (χ1n) is 7.45. The Labute approximate surface area is 109 Å². The van der Waals surface area contributed by atoms with Crippen molar-refractivity contribution in [3.63, 3.8) is 0 Å². The number of unbranched alkanes of at least 4 members (excludes halogenated alkanes) is 5. The Hall–Kier alpha value is -0.860. The van der Waals surface area contributed by atoms with Crippen molar-refractivity contribution < 1.29 is 14.3 Å². The zero-order valence-electron chi connectivity index (χ0n) is 11.3. The van der Waals surface area contributed by atoms with Gasteiger partial charge in [-0.15, -0.1) is 0 Å². The molecular formula is C15H24O3. The molecule has 2 rings (SSSR count). The van der Waals surface area contributed by atoms with E-state index in [1.165, 1.54) is 25.7 Å². The molecule has 0 radical (unpaired) electrons. The highest BCUT2D eigenvalue weighted by Crippen LogP contribution is 2.55. The Bertz CT molecular complexity index is 311. The van der Waals surface area contributed by atoms with Gasteiger partial charge in [0.15, 0.2) is 0 Å². The van der Waals surface area contributed by atoms with Gasteiger partial charge in [-0.1, -0.05) is 39.0 Å². The Balaban J connectivity index is 1.50. The van der Waals surface area contributed by atoms with Crippen LogP contribution in [0.2, 0.25) is 0 Å². The number of hydrogen-bond acceptors (Lipinski definition) is 3. The lowest BCUT2D eigenvalue weighted by atomic mass is 10.1. The minimum absolute atomic E-state index is 0.0297. The molecule has 0 N–H and O–H groups in total. The standard InChI is InChI=1S/C15H24O3/c1-2-3-4-5-6-7-10-18-15(17)14-11-8-9-12(16)13(11)14/h11,13-14H,2-10H2,1H3/t11-,13-,14+/m1/s1. The maximum Gasteiger partial charge on any atom is 0.309 e. The predicted octanol–water partition coefficient (Wildman–Crippen LogP) is 3.12. The van der Waals surface area contributed by atoms with Crippen LogP contribution >= 0.6 is 0 Å². The number of rotatable bonds is 8. The SMILES string of the molecule is CCCCCCCCOC(=O)[C@H]1[C@@H]2CCC(=O)[C@@H]21. The maximum absolute atomic E-state index is 11.7. The first-order valence-corrected chi connectivity index (χ1v) is 7.45. The predicted molar refractivity (Wildman–Crippen MR) is 69.0 cm³/mol. The van der Waals surface area contributed by atoms with Crippen LogP contribution in [-0.2, 0) is 14.3 Å². The van der Waals surface area contributed by atoms with Gasteiger partial charge in [-0.25, -0.2) is 0 Å². The van der Waals surface area contributed by atoms with Gasteiger partial charge in [0.1, 0.15) is 5.78 Å². The van der Waals surface area contributed by atoms with Crippen LogP contribution in [0.4, 0.5) is 0 Å². The molecule has 0 amide bonds. The summed E-state index contributed by atoms with van der Waals surface area (Å²) < 4.78 is 5.27. The average Bonchev–Trinajstić information content (AvgIpc) is 2.98. The fraction of sp³-hybridized carbons (Fsp3) is 0.867. The summed E-state index contributed by atoms with van der Waals surface area (Å²) >= 11 is 0. The highest BCUT2D eigenvalue weighted by Gasteiger charge is 2.62. The van der Waals surface area contributed by atoms with E-state index < -0.39 is 0 Å². The molecule has 0 aromatic carbocycles. The molecule has 0 aromatic rings. The van der Waals surface area contributed by atoms with Gasteiger partial charge in [0, 0.05) is 12.3 Å². The Morgan fingerprint density at radius 2 is 1.94 bits per heavy atom. The molecule has 0 aromatic heterocycles. The second-order valence-electron chi connectivity index (χ2n) is 5.66. The van der Waals surface area contributed by atoms with Crippen molar-refractivity contribution in [2.24, 2.45) is 17.8 Å². The van der Waals surface area contributed by atoms with E-state index in [4.69, 9.17) is 4.74 Å². The van der Waals surface area contributed by atoms with Crippen molar-refractivity contribution in [1.29, 1.82) is 0 Å². The lowest BCUT2D eigenvalue weighted by Gasteiger charge is -2.05. The van der Waals surface area contributed by atoms with Crippen molar-refractivity contribution in [3.05, 3.63) is 0 Å². The molecule has 3 atom stereocenters. The molecule has 0 aliphatic heterocycles. The second-order valence-corrected chi connectivity index (χ2v) is 5.66. The smallest absolute Gasteiger partial charge is 0.309 e. The number of fused-ring (bicyclic) bond motifs is 1. The summed E-state index contributed by atoms with van der Waals surface area (Å²) in [6.07, 6.45) is 8.76. The van der Waals surface area contributed by atoms with Gasteiger partial charge in [-0.05, 0) is 18.8 Å². The molecule has 2 aliphatic carbocycles. The first kappa shape index (κ1) is 13.6. The molecule has 0 spiro atoms. The molecule has 3 nitrogen and oxygen atoms in total. The summed E-state index contributed by atoms with van der Waals surface area (Å²) in [5.74, 6) is 0.441. The van der Waals surface area contributed by atoms with Crippen LogP contribution in [0.25, 0.3) is 0 Å². The van der Waals surface area contributed by atoms with Crippen molar-refractivity contribution in [2.75, 3.05) is 6.61 Å². The topological polar surface area (TPSA) is 43.4 Å². The highest BCUT2D eigenvalue weighted by atomic mass is 16.5. The highest BCUT2D eigenvalue weighted by molar-refractivity contribution is 5.94.